The maximum atomic E-state index is 12.4. The fourth-order valence-corrected chi connectivity index (χ4v) is 5.30. The predicted octanol–water partition coefficient (Wildman–Crippen LogP) is 1.88. The average molecular weight is 382 g/mol. The van der Waals surface area contributed by atoms with E-state index in [0.29, 0.717) is 22.0 Å². The van der Waals surface area contributed by atoms with Crippen molar-refractivity contribution >= 4 is 40.1 Å². The Kier molecular flexibility index (Phi) is 4.91. The summed E-state index contributed by atoms with van der Waals surface area (Å²) in [6, 6.07) is 5.62. The van der Waals surface area contributed by atoms with Gasteiger partial charge in [-0.05, 0) is 17.7 Å². The Morgan fingerprint density at radius 3 is 2.68 bits per heavy atom. The first-order chi connectivity index (χ1) is 11.9. The predicted molar refractivity (Wildman–Crippen MR) is 91.4 cm³/mol. The summed E-state index contributed by atoms with van der Waals surface area (Å²) in [7, 11) is -1.35. The van der Waals surface area contributed by atoms with Crippen LogP contribution in [0.5, 0.6) is 0 Å². The van der Waals surface area contributed by atoms with Crippen LogP contribution in [0.4, 0.5) is 5.69 Å². The molecule has 2 aliphatic rings. The zero-order valence-corrected chi connectivity index (χ0v) is 14.8. The number of hydrogen-bond acceptors (Lipinski definition) is 7. The molecule has 0 radical (unpaired) electrons. The standard InChI is InChI=1S/C15H14N2O6S2/c1-2-25(22)15-13(16-11(18)7-12(16)24-15)14(19)23-8-9-3-5-10(6-4-9)17(20)21/h3-6,12H,2,7-8H2,1H3/t12-,25?/m0/s1. The number of rotatable bonds is 6. The maximum Gasteiger partial charge on any atom is 0.357 e. The van der Waals surface area contributed by atoms with Crippen LogP contribution < -0.4 is 0 Å². The smallest absolute Gasteiger partial charge is 0.357 e. The molecular formula is C15H14N2O6S2. The largest absolute Gasteiger partial charge is 0.456 e. The molecular weight excluding hydrogens is 368 g/mol. The molecule has 0 spiro atoms. The second-order valence-corrected chi connectivity index (χ2v) is 8.43. The number of nitro benzene ring substituents is 1. The van der Waals surface area contributed by atoms with E-state index in [2.05, 4.69) is 0 Å². The average Bonchev–Trinajstić information content (AvgIpc) is 2.92. The number of β-lactam (4-membered cyclic amide) rings is 1. The van der Waals surface area contributed by atoms with Crippen molar-refractivity contribution in [1.82, 2.24) is 4.90 Å². The van der Waals surface area contributed by atoms with Gasteiger partial charge in [-0.1, -0.05) is 18.7 Å². The molecule has 2 aliphatic heterocycles. The van der Waals surface area contributed by atoms with Gasteiger partial charge in [-0.25, -0.2) is 4.79 Å². The van der Waals surface area contributed by atoms with Gasteiger partial charge in [-0.3, -0.25) is 24.0 Å². The lowest BCUT2D eigenvalue weighted by atomic mass is 10.2. The number of ether oxygens (including phenoxy) is 1. The fraction of sp³-hybridized carbons (Fsp3) is 0.333. The molecule has 0 aliphatic carbocycles. The molecule has 1 aromatic carbocycles. The number of fused-ring (bicyclic) bond motifs is 1. The zero-order chi connectivity index (χ0) is 18.1. The van der Waals surface area contributed by atoms with Crippen molar-refractivity contribution < 1.29 is 23.5 Å². The molecule has 2 atom stereocenters. The number of benzene rings is 1. The third-order valence-corrected chi connectivity index (χ3v) is 6.80. The quantitative estimate of drug-likeness (QED) is 0.320. The first kappa shape index (κ1) is 17.6. The molecule has 25 heavy (non-hydrogen) atoms. The Labute approximate surface area is 149 Å². The van der Waals surface area contributed by atoms with Gasteiger partial charge in [0.15, 0.2) is 5.70 Å². The molecule has 2 heterocycles. The Bertz CT molecular complexity index is 805. The molecule has 1 unspecified atom stereocenters. The van der Waals surface area contributed by atoms with E-state index in [1.165, 1.54) is 40.9 Å². The highest BCUT2D eigenvalue weighted by atomic mass is 32.2. The highest BCUT2D eigenvalue weighted by Crippen LogP contribution is 2.47. The minimum absolute atomic E-state index is 0.0559. The van der Waals surface area contributed by atoms with Gasteiger partial charge in [-0.15, -0.1) is 0 Å². The number of thioether (sulfide) groups is 1. The van der Waals surface area contributed by atoms with Crippen LogP contribution in [0, 0.1) is 10.1 Å². The second kappa shape index (κ2) is 6.96. The van der Waals surface area contributed by atoms with E-state index >= 15 is 0 Å². The summed E-state index contributed by atoms with van der Waals surface area (Å²) in [5, 5.41) is 10.4. The number of esters is 1. The van der Waals surface area contributed by atoms with Crippen LogP contribution in [0.3, 0.4) is 0 Å². The van der Waals surface area contributed by atoms with Gasteiger partial charge in [0.05, 0.1) is 27.5 Å². The van der Waals surface area contributed by atoms with Crippen molar-refractivity contribution in [1.29, 1.82) is 0 Å². The molecule has 1 fully saturated rings. The molecule has 1 amide bonds. The normalized spacial score (nSPS) is 20.1. The van der Waals surface area contributed by atoms with E-state index in [1.807, 2.05) is 0 Å². The Hall–Kier alpha value is -2.20. The fourth-order valence-electron chi connectivity index (χ4n) is 2.43. The first-order valence-corrected chi connectivity index (χ1v) is 9.64. The Morgan fingerprint density at radius 1 is 1.44 bits per heavy atom. The second-order valence-electron chi connectivity index (χ2n) is 5.31. The third-order valence-electron chi connectivity index (χ3n) is 3.76. The van der Waals surface area contributed by atoms with E-state index in [4.69, 9.17) is 4.74 Å². The van der Waals surface area contributed by atoms with Crippen LogP contribution >= 0.6 is 11.8 Å². The molecule has 10 heteroatoms. The van der Waals surface area contributed by atoms with Crippen molar-refractivity contribution in [3.63, 3.8) is 0 Å². The van der Waals surface area contributed by atoms with Gasteiger partial charge in [0.1, 0.15) is 10.8 Å². The monoisotopic (exact) mass is 382 g/mol. The van der Waals surface area contributed by atoms with Gasteiger partial charge >= 0.3 is 5.97 Å². The number of amides is 1. The Balaban J connectivity index is 1.73. The summed E-state index contributed by atoms with van der Waals surface area (Å²) in [5.41, 5.74) is 0.586. The lowest BCUT2D eigenvalue weighted by molar-refractivity contribution is -0.384. The Morgan fingerprint density at radius 2 is 2.12 bits per heavy atom. The highest BCUT2D eigenvalue weighted by Gasteiger charge is 2.50. The number of hydrogen-bond donors (Lipinski definition) is 0. The van der Waals surface area contributed by atoms with Crippen LogP contribution in [-0.2, 0) is 31.7 Å². The minimum Gasteiger partial charge on any atom is -0.456 e. The molecule has 132 valence electrons. The molecule has 8 nitrogen and oxygen atoms in total. The summed E-state index contributed by atoms with van der Waals surface area (Å²) < 4.78 is 17.8. The van der Waals surface area contributed by atoms with Crippen LogP contribution in [0.15, 0.2) is 34.2 Å². The summed E-state index contributed by atoms with van der Waals surface area (Å²) in [6.07, 6.45) is 0.314. The van der Waals surface area contributed by atoms with Gasteiger partial charge in [0, 0.05) is 17.9 Å². The summed E-state index contributed by atoms with van der Waals surface area (Å²) >= 11 is 1.27. The first-order valence-electron chi connectivity index (χ1n) is 7.44. The van der Waals surface area contributed by atoms with Gasteiger partial charge in [0.2, 0.25) is 5.91 Å². The molecule has 0 N–H and O–H groups in total. The summed E-state index contributed by atoms with van der Waals surface area (Å²) in [4.78, 5) is 35.7. The minimum atomic E-state index is -1.35. The van der Waals surface area contributed by atoms with E-state index in [9.17, 15) is 23.9 Å². The summed E-state index contributed by atoms with van der Waals surface area (Å²) in [5.74, 6) is -0.558. The zero-order valence-electron chi connectivity index (χ0n) is 13.2. The van der Waals surface area contributed by atoms with Crippen molar-refractivity contribution in [2.45, 2.75) is 25.3 Å². The molecule has 0 bridgehead atoms. The highest BCUT2D eigenvalue weighted by molar-refractivity contribution is 8.17. The van der Waals surface area contributed by atoms with E-state index in [0.717, 1.165) is 0 Å². The molecule has 1 saturated heterocycles. The number of nitrogens with zero attached hydrogens (tertiary/aromatic N) is 2. The van der Waals surface area contributed by atoms with Gasteiger partial charge < -0.3 is 4.74 Å². The third kappa shape index (κ3) is 3.31. The molecule has 0 aromatic heterocycles. The van der Waals surface area contributed by atoms with Crippen molar-refractivity contribution in [2.24, 2.45) is 0 Å². The van der Waals surface area contributed by atoms with Crippen LogP contribution in [0.2, 0.25) is 0 Å². The molecule has 0 saturated carbocycles. The maximum absolute atomic E-state index is 12.4. The number of non-ortho nitro benzene ring substituents is 1. The van der Waals surface area contributed by atoms with Crippen molar-refractivity contribution in [3.05, 3.63) is 49.9 Å². The number of carbonyl (C=O) groups excluding carboxylic acids is 2. The van der Waals surface area contributed by atoms with Gasteiger partial charge in [0.25, 0.3) is 5.69 Å². The van der Waals surface area contributed by atoms with E-state index in [1.54, 1.807) is 6.92 Å². The van der Waals surface area contributed by atoms with Crippen LogP contribution in [0.25, 0.3) is 0 Å². The molecule has 1 aromatic rings. The molecule has 3 rings (SSSR count). The van der Waals surface area contributed by atoms with Crippen LogP contribution in [0.1, 0.15) is 18.9 Å². The van der Waals surface area contributed by atoms with E-state index < -0.39 is 21.7 Å². The lowest BCUT2D eigenvalue weighted by Crippen LogP contribution is -2.48. The summed E-state index contributed by atoms with van der Waals surface area (Å²) in [6.45, 7) is 1.64. The SMILES string of the molecule is CCS(=O)C1=C(C(=O)OCc2ccc([N+](=O)[O-])cc2)N2C(=O)C[C@@H]2S1. The number of nitro groups is 1. The van der Waals surface area contributed by atoms with E-state index in [-0.39, 0.29) is 29.3 Å². The topological polar surface area (TPSA) is 107 Å². The van der Waals surface area contributed by atoms with Gasteiger partial charge in [-0.2, -0.15) is 0 Å². The number of carbonyl (C=O) groups is 2. The lowest BCUT2D eigenvalue weighted by Gasteiger charge is -2.34. The van der Waals surface area contributed by atoms with Crippen molar-refractivity contribution in [3.8, 4) is 0 Å². The van der Waals surface area contributed by atoms with Crippen LogP contribution in [-0.4, -0.2) is 37.0 Å². The van der Waals surface area contributed by atoms with Crippen molar-refractivity contribution in [2.75, 3.05) is 5.75 Å².